The summed E-state index contributed by atoms with van der Waals surface area (Å²) in [6.07, 6.45) is 3.17. The molecule has 72 valence electrons. The molecule has 0 saturated carbocycles. The van der Waals surface area contributed by atoms with E-state index in [4.69, 9.17) is 0 Å². The van der Waals surface area contributed by atoms with Gasteiger partial charge >= 0.3 is 5.97 Å². The van der Waals surface area contributed by atoms with Crippen molar-refractivity contribution in [3.8, 4) is 0 Å². The Bertz CT molecular complexity index is 490. The first-order valence-electron chi connectivity index (χ1n) is 4.09. The molecule has 0 radical (unpaired) electrons. The highest BCUT2D eigenvalue weighted by molar-refractivity contribution is 6.02. The Hall–Kier alpha value is -1.91. The highest BCUT2D eigenvalue weighted by atomic mass is 16.5. The van der Waals surface area contributed by atoms with Crippen LogP contribution in [0.5, 0.6) is 0 Å². The molecule has 0 atom stereocenters. The normalized spacial score (nSPS) is 10.4. The van der Waals surface area contributed by atoms with Crippen molar-refractivity contribution < 1.29 is 9.53 Å². The molecule has 0 aliphatic heterocycles. The van der Waals surface area contributed by atoms with Gasteiger partial charge in [-0.15, -0.1) is 0 Å². The number of aromatic nitrogens is 3. The fourth-order valence-corrected chi connectivity index (χ4v) is 1.33. The van der Waals surface area contributed by atoms with Crippen LogP contribution in [0.25, 0.3) is 11.0 Å². The average molecular weight is 191 g/mol. The third-order valence-corrected chi connectivity index (χ3v) is 2.04. The second-order valence-electron chi connectivity index (χ2n) is 2.86. The van der Waals surface area contributed by atoms with Crippen LogP contribution in [-0.4, -0.2) is 27.8 Å². The van der Waals surface area contributed by atoms with E-state index in [1.807, 2.05) is 0 Å². The Kier molecular flexibility index (Phi) is 1.92. The van der Waals surface area contributed by atoms with Gasteiger partial charge in [0.25, 0.3) is 0 Å². The standard InChI is InChI=1S/C9H9N3O2/c1-12-8-7(5-11-12)6(3-4-10-8)9(13)14-2/h3-5H,1-2H3. The van der Waals surface area contributed by atoms with Crippen LogP contribution >= 0.6 is 0 Å². The number of hydrogen-bond donors (Lipinski definition) is 0. The first-order valence-corrected chi connectivity index (χ1v) is 4.09. The van der Waals surface area contributed by atoms with Crippen LogP contribution in [0.3, 0.4) is 0 Å². The van der Waals surface area contributed by atoms with E-state index in [0.717, 1.165) is 0 Å². The Morgan fingerprint density at radius 2 is 2.36 bits per heavy atom. The summed E-state index contributed by atoms with van der Waals surface area (Å²) in [7, 11) is 3.13. The van der Waals surface area contributed by atoms with Gasteiger partial charge in [-0.05, 0) is 6.07 Å². The molecule has 5 heteroatoms. The molecule has 2 rings (SSSR count). The Labute approximate surface area is 80.3 Å². The third kappa shape index (κ3) is 1.14. The molecule has 0 saturated heterocycles. The molecule has 14 heavy (non-hydrogen) atoms. The molecule has 5 nitrogen and oxygen atoms in total. The molecule has 0 N–H and O–H groups in total. The summed E-state index contributed by atoms with van der Waals surface area (Å²) in [5.41, 5.74) is 1.17. The number of aryl methyl sites for hydroxylation is 1. The zero-order valence-electron chi connectivity index (χ0n) is 7.89. The molecular weight excluding hydrogens is 182 g/mol. The summed E-state index contributed by atoms with van der Waals surface area (Å²) < 4.78 is 6.26. The van der Waals surface area contributed by atoms with Crippen LogP contribution in [0, 0.1) is 0 Å². The lowest BCUT2D eigenvalue weighted by Gasteiger charge is -1.99. The maximum atomic E-state index is 11.3. The van der Waals surface area contributed by atoms with Gasteiger partial charge in [0.2, 0.25) is 0 Å². The van der Waals surface area contributed by atoms with Gasteiger partial charge in [0.1, 0.15) is 0 Å². The van der Waals surface area contributed by atoms with Crippen LogP contribution < -0.4 is 0 Å². The molecule has 0 aromatic carbocycles. The number of esters is 1. The average Bonchev–Trinajstić information content (AvgIpc) is 2.59. The number of fused-ring (bicyclic) bond motifs is 1. The highest BCUT2D eigenvalue weighted by Crippen LogP contribution is 2.15. The summed E-state index contributed by atoms with van der Waals surface area (Å²) >= 11 is 0. The Morgan fingerprint density at radius 3 is 3.07 bits per heavy atom. The Balaban J connectivity index is 2.71. The van der Waals surface area contributed by atoms with Gasteiger partial charge in [0.05, 0.1) is 24.3 Å². The monoisotopic (exact) mass is 191 g/mol. The summed E-state index contributed by atoms with van der Waals surface area (Å²) in [4.78, 5) is 15.5. The number of pyridine rings is 1. The van der Waals surface area contributed by atoms with E-state index in [9.17, 15) is 4.79 Å². The highest BCUT2D eigenvalue weighted by Gasteiger charge is 2.12. The lowest BCUT2D eigenvalue weighted by Crippen LogP contribution is -2.02. The molecule has 0 amide bonds. The lowest BCUT2D eigenvalue weighted by molar-refractivity contribution is 0.0603. The molecule has 2 aromatic rings. The predicted molar refractivity (Wildman–Crippen MR) is 49.8 cm³/mol. The summed E-state index contributed by atoms with van der Waals surface area (Å²) in [6, 6.07) is 1.62. The van der Waals surface area contributed by atoms with Gasteiger partial charge in [0.15, 0.2) is 5.65 Å². The predicted octanol–water partition coefficient (Wildman–Crippen LogP) is 0.755. The summed E-state index contributed by atoms with van der Waals surface area (Å²) in [5, 5.41) is 4.73. The van der Waals surface area contributed by atoms with Crippen molar-refractivity contribution in [1.82, 2.24) is 14.8 Å². The van der Waals surface area contributed by atoms with E-state index in [0.29, 0.717) is 16.6 Å². The molecule has 2 heterocycles. The van der Waals surface area contributed by atoms with E-state index in [1.54, 1.807) is 30.2 Å². The summed E-state index contributed by atoms with van der Waals surface area (Å²) in [5.74, 6) is -0.370. The van der Waals surface area contributed by atoms with Crippen LogP contribution in [0.4, 0.5) is 0 Å². The molecule has 0 bridgehead atoms. The largest absolute Gasteiger partial charge is 0.465 e. The second-order valence-corrected chi connectivity index (χ2v) is 2.86. The van der Waals surface area contributed by atoms with Crippen molar-refractivity contribution in [2.75, 3.05) is 7.11 Å². The van der Waals surface area contributed by atoms with Gasteiger partial charge < -0.3 is 4.74 Å². The van der Waals surface area contributed by atoms with Gasteiger partial charge in [-0.3, -0.25) is 4.68 Å². The maximum absolute atomic E-state index is 11.3. The second kappa shape index (κ2) is 3.10. The van der Waals surface area contributed by atoms with Gasteiger partial charge in [-0.1, -0.05) is 0 Å². The van der Waals surface area contributed by atoms with Crippen LogP contribution in [-0.2, 0) is 11.8 Å². The topological polar surface area (TPSA) is 57.0 Å². The van der Waals surface area contributed by atoms with Crippen LogP contribution in [0.2, 0.25) is 0 Å². The number of methoxy groups -OCH3 is 1. The number of ether oxygens (including phenoxy) is 1. The van der Waals surface area contributed by atoms with Crippen LogP contribution in [0.15, 0.2) is 18.5 Å². The molecule has 2 aromatic heterocycles. The number of nitrogens with zero attached hydrogens (tertiary/aromatic N) is 3. The van der Waals surface area contributed by atoms with Crippen molar-refractivity contribution in [1.29, 1.82) is 0 Å². The smallest absolute Gasteiger partial charge is 0.338 e. The number of carbonyl (C=O) groups excluding carboxylic acids is 1. The van der Waals surface area contributed by atoms with Crippen molar-refractivity contribution >= 4 is 17.0 Å². The van der Waals surface area contributed by atoms with Crippen molar-refractivity contribution in [3.05, 3.63) is 24.0 Å². The van der Waals surface area contributed by atoms with Crippen molar-refractivity contribution in [3.63, 3.8) is 0 Å². The maximum Gasteiger partial charge on any atom is 0.338 e. The van der Waals surface area contributed by atoms with E-state index < -0.39 is 0 Å². The first-order chi connectivity index (χ1) is 6.74. The van der Waals surface area contributed by atoms with Crippen LogP contribution in [0.1, 0.15) is 10.4 Å². The minimum absolute atomic E-state index is 0.370. The van der Waals surface area contributed by atoms with Gasteiger partial charge in [0, 0.05) is 13.2 Å². The third-order valence-electron chi connectivity index (χ3n) is 2.04. The van der Waals surface area contributed by atoms with Crippen molar-refractivity contribution in [2.24, 2.45) is 7.05 Å². The molecule has 0 aliphatic carbocycles. The fourth-order valence-electron chi connectivity index (χ4n) is 1.33. The fraction of sp³-hybridized carbons (Fsp3) is 0.222. The quantitative estimate of drug-likeness (QED) is 0.624. The molecule has 0 aliphatic rings. The van der Waals surface area contributed by atoms with E-state index in [-0.39, 0.29) is 5.97 Å². The van der Waals surface area contributed by atoms with E-state index in [1.165, 1.54) is 7.11 Å². The molecular formula is C9H9N3O2. The SMILES string of the molecule is COC(=O)c1ccnc2c1cnn2C. The van der Waals surface area contributed by atoms with Gasteiger partial charge in [-0.25, -0.2) is 9.78 Å². The number of hydrogen-bond acceptors (Lipinski definition) is 4. The zero-order valence-corrected chi connectivity index (χ0v) is 7.89. The van der Waals surface area contributed by atoms with E-state index in [2.05, 4.69) is 14.8 Å². The molecule has 0 spiro atoms. The zero-order chi connectivity index (χ0) is 10.1. The number of carbonyl (C=O) groups is 1. The minimum Gasteiger partial charge on any atom is -0.465 e. The number of rotatable bonds is 1. The minimum atomic E-state index is -0.370. The first kappa shape index (κ1) is 8.68. The van der Waals surface area contributed by atoms with Crippen molar-refractivity contribution in [2.45, 2.75) is 0 Å². The lowest BCUT2D eigenvalue weighted by atomic mass is 10.2. The molecule has 0 unspecified atom stereocenters. The molecule has 0 fully saturated rings. The summed E-state index contributed by atoms with van der Waals surface area (Å²) in [6.45, 7) is 0. The van der Waals surface area contributed by atoms with Gasteiger partial charge in [-0.2, -0.15) is 5.10 Å². The van der Waals surface area contributed by atoms with E-state index >= 15 is 0 Å². The Morgan fingerprint density at radius 1 is 1.57 bits per heavy atom.